The van der Waals surface area contributed by atoms with Crippen LogP contribution in [-0.4, -0.2) is 14.7 Å². The van der Waals surface area contributed by atoms with E-state index in [0.29, 0.717) is 0 Å². The van der Waals surface area contributed by atoms with Crippen molar-refractivity contribution in [2.75, 3.05) is 0 Å². The Bertz CT molecular complexity index is 1640. The van der Waals surface area contributed by atoms with Crippen LogP contribution in [0.15, 0.2) is 60.8 Å². The van der Waals surface area contributed by atoms with Crippen LogP contribution in [0, 0.1) is 0 Å². The van der Waals surface area contributed by atoms with E-state index in [0.717, 1.165) is 22.2 Å². The smallest absolute Gasteiger partial charge is 0.137 e. The van der Waals surface area contributed by atoms with Crippen molar-refractivity contribution in [1.29, 1.82) is 0 Å². The van der Waals surface area contributed by atoms with Crippen molar-refractivity contribution < 1.29 is 5.11 Å². The number of fused-ring (bicyclic) bond motifs is 4. The van der Waals surface area contributed by atoms with Gasteiger partial charge in [-0.25, -0.2) is 4.98 Å². The SMILES string of the molecule is CC(C)(C)c1ccnc(-n2c3cc(O)ccc3c3c4cccc5c4c(cc32)C(C)(C)C5(C)C)c1. The molecule has 0 saturated heterocycles. The number of rotatable bonds is 1. The largest absolute Gasteiger partial charge is 0.508 e. The minimum absolute atomic E-state index is 0.0142. The molecular weight excluding hydrogens is 416 g/mol. The third-order valence-electron chi connectivity index (χ3n) is 8.62. The second kappa shape index (κ2) is 6.41. The van der Waals surface area contributed by atoms with Crippen LogP contribution in [0.2, 0.25) is 0 Å². The maximum atomic E-state index is 10.5. The fourth-order valence-corrected chi connectivity index (χ4v) is 5.92. The molecule has 3 nitrogen and oxygen atoms in total. The Morgan fingerprint density at radius 3 is 2.24 bits per heavy atom. The Kier molecular flexibility index (Phi) is 4.00. The number of phenols is 1. The lowest BCUT2D eigenvalue weighted by Crippen LogP contribution is -2.35. The van der Waals surface area contributed by atoms with E-state index in [9.17, 15) is 5.11 Å². The van der Waals surface area contributed by atoms with Crippen molar-refractivity contribution >= 4 is 32.6 Å². The van der Waals surface area contributed by atoms with E-state index in [1.165, 1.54) is 32.8 Å². The number of aromatic hydroxyl groups is 1. The third-order valence-corrected chi connectivity index (χ3v) is 8.62. The van der Waals surface area contributed by atoms with E-state index in [2.05, 4.69) is 95.5 Å². The first-order valence-corrected chi connectivity index (χ1v) is 12.1. The molecule has 2 heterocycles. The summed E-state index contributed by atoms with van der Waals surface area (Å²) in [5.74, 6) is 1.15. The normalized spacial score (nSPS) is 16.7. The van der Waals surface area contributed by atoms with Crippen LogP contribution in [-0.2, 0) is 16.2 Å². The summed E-state index contributed by atoms with van der Waals surface area (Å²) >= 11 is 0. The highest BCUT2D eigenvalue weighted by Gasteiger charge is 2.47. The summed E-state index contributed by atoms with van der Waals surface area (Å²) in [6.45, 7) is 16.1. The predicted octanol–water partition coefficient (Wildman–Crippen LogP) is 7.90. The second-order valence-corrected chi connectivity index (χ2v) is 12.0. The minimum Gasteiger partial charge on any atom is -0.508 e. The molecule has 0 aliphatic heterocycles. The van der Waals surface area contributed by atoms with Gasteiger partial charge in [-0.2, -0.15) is 0 Å². The average molecular weight is 449 g/mol. The molecule has 1 aliphatic rings. The molecule has 34 heavy (non-hydrogen) atoms. The van der Waals surface area contributed by atoms with Gasteiger partial charge >= 0.3 is 0 Å². The Labute approximate surface area is 201 Å². The van der Waals surface area contributed by atoms with Crippen molar-refractivity contribution in [3.63, 3.8) is 0 Å². The summed E-state index contributed by atoms with van der Waals surface area (Å²) in [6, 6.07) is 19.2. The molecule has 5 aromatic rings. The molecule has 2 aromatic heterocycles. The molecule has 0 saturated carbocycles. The minimum atomic E-state index is -0.0206. The zero-order chi connectivity index (χ0) is 24.2. The molecule has 0 amide bonds. The van der Waals surface area contributed by atoms with E-state index in [1.54, 1.807) is 6.07 Å². The lowest BCUT2D eigenvalue weighted by Gasteiger charge is -2.37. The second-order valence-electron chi connectivity index (χ2n) is 12.0. The van der Waals surface area contributed by atoms with Gasteiger partial charge in [0, 0.05) is 23.0 Å². The number of phenolic OH excluding ortho intramolecular Hbond substituents is 1. The number of hydrogen-bond donors (Lipinski definition) is 1. The van der Waals surface area contributed by atoms with E-state index < -0.39 is 0 Å². The topological polar surface area (TPSA) is 38.0 Å². The Balaban J connectivity index is 1.84. The van der Waals surface area contributed by atoms with Gasteiger partial charge in [-0.1, -0.05) is 66.7 Å². The highest BCUT2D eigenvalue weighted by Crippen LogP contribution is 2.56. The molecule has 0 radical (unpaired) electrons. The Hall–Kier alpha value is -3.33. The molecule has 0 spiro atoms. The number of pyridine rings is 1. The predicted molar refractivity (Wildman–Crippen MR) is 142 cm³/mol. The Morgan fingerprint density at radius 1 is 0.765 bits per heavy atom. The highest BCUT2D eigenvalue weighted by molar-refractivity contribution is 6.23. The van der Waals surface area contributed by atoms with Gasteiger partial charge < -0.3 is 5.11 Å². The summed E-state index contributed by atoms with van der Waals surface area (Å²) in [7, 11) is 0. The van der Waals surface area contributed by atoms with E-state index in [4.69, 9.17) is 4.98 Å². The fourth-order valence-electron chi connectivity index (χ4n) is 5.92. The zero-order valence-corrected chi connectivity index (χ0v) is 21.1. The lowest BCUT2D eigenvalue weighted by atomic mass is 9.66. The maximum absolute atomic E-state index is 10.5. The monoisotopic (exact) mass is 448 g/mol. The van der Waals surface area contributed by atoms with Crippen LogP contribution in [0.25, 0.3) is 38.4 Å². The molecule has 3 aromatic carbocycles. The van der Waals surface area contributed by atoms with Gasteiger partial charge in [-0.3, -0.25) is 4.57 Å². The van der Waals surface area contributed by atoms with Gasteiger partial charge in [0.05, 0.1) is 11.0 Å². The maximum Gasteiger partial charge on any atom is 0.137 e. The summed E-state index contributed by atoms with van der Waals surface area (Å²) in [5, 5.41) is 15.5. The molecule has 1 N–H and O–H groups in total. The van der Waals surface area contributed by atoms with Gasteiger partial charge in [0.1, 0.15) is 11.6 Å². The summed E-state index contributed by atoms with van der Waals surface area (Å²) in [4.78, 5) is 4.82. The first-order chi connectivity index (χ1) is 15.9. The first-order valence-electron chi connectivity index (χ1n) is 12.1. The van der Waals surface area contributed by atoms with Crippen molar-refractivity contribution in [2.24, 2.45) is 0 Å². The van der Waals surface area contributed by atoms with Gasteiger partial charge in [0.2, 0.25) is 0 Å². The lowest BCUT2D eigenvalue weighted by molar-refractivity contribution is 0.322. The fraction of sp³-hybridized carbons (Fsp3) is 0.323. The van der Waals surface area contributed by atoms with Crippen LogP contribution in [0.1, 0.15) is 65.2 Å². The molecule has 0 unspecified atom stereocenters. The molecular formula is C31H32N2O. The van der Waals surface area contributed by atoms with Crippen molar-refractivity contribution in [1.82, 2.24) is 9.55 Å². The molecule has 3 heteroatoms. The molecule has 1 aliphatic carbocycles. The number of benzene rings is 3. The Morgan fingerprint density at radius 2 is 1.50 bits per heavy atom. The number of hydrogen-bond acceptors (Lipinski definition) is 2. The van der Waals surface area contributed by atoms with E-state index in [-0.39, 0.29) is 22.0 Å². The van der Waals surface area contributed by atoms with E-state index in [1.807, 2.05) is 12.3 Å². The van der Waals surface area contributed by atoms with Crippen molar-refractivity contribution in [3.05, 3.63) is 77.5 Å². The van der Waals surface area contributed by atoms with Gasteiger partial charge in [0.15, 0.2) is 0 Å². The van der Waals surface area contributed by atoms with Crippen LogP contribution >= 0.6 is 0 Å². The number of nitrogens with zero attached hydrogens (tertiary/aromatic N) is 2. The summed E-state index contributed by atoms with van der Waals surface area (Å²) < 4.78 is 2.24. The zero-order valence-electron chi connectivity index (χ0n) is 21.1. The van der Waals surface area contributed by atoms with Gasteiger partial charge in [-0.05, 0) is 74.0 Å². The van der Waals surface area contributed by atoms with Crippen molar-refractivity contribution in [2.45, 2.75) is 64.7 Å². The van der Waals surface area contributed by atoms with Crippen LogP contribution in [0.5, 0.6) is 5.75 Å². The summed E-state index contributed by atoms with van der Waals surface area (Å²) in [6.07, 6.45) is 1.90. The average Bonchev–Trinajstić information content (AvgIpc) is 3.17. The standard InChI is InChI=1S/C31H32N2O/c1-29(2,3)18-13-14-32-26(15-18)33-24-16-19(34)11-12-20(24)27-21-9-8-10-22-28(21)23(17-25(27)33)31(6,7)30(22,4)5/h8-17,34H,1-7H3. The van der Waals surface area contributed by atoms with Crippen molar-refractivity contribution in [3.8, 4) is 11.6 Å². The molecule has 0 bridgehead atoms. The highest BCUT2D eigenvalue weighted by atomic mass is 16.3. The molecule has 172 valence electrons. The van der Waals surface area contributed by atoms with Crippen LogP contribution < -0.4 is 0 Å². The molecule has 6 rings (SSSR count). The van der Waals surface area contributed by atoms with Crippen LogP contribution in [0.3, 0.4) is 0 Å². The van der Waals surface area contributed by atoms with E-state index >= 15 is 0 Å². The molecule has 0 fully saturated rings. The number of aromatic nitrogens is 2. The van der Waals surface area contributed by atoms with Crippen LogP contribution in [0.4, 0.5) is 0 Å². The third kappa shape index (κ3) is 2.56. The summed E-state index contributed by atoms with van der Waals surface area (Å²) in [5.41, 5.74) is 6.18. The first kappa shape index (κ1) is 21.2. The molecule has 0 atom stereocenters. The van der Waals surface area contributed by atoms with Gasteiger partial charge in [0.25, 0.3) is 0 Å². The van der Waals surface area contributed by atoms with Gasteiger partial charge in [-0.15, -0.1) is 0 Å². The quantitative estimate of drug-likeness (QED) is 0.283.